The molecule has 0 atom stereocenters. The Hall–Kier alpha value is -2.28. The summed E-state index contributed by atoms with van der Waals surface area (Å²) in [6.07, 6.45) is 4.54. The molecule has 1 saturated carbocycles. The third kappa shape index (κ3) is 5.35. The summed E-state index contributed by atoms with van der Waals surface area (Å²) < 4.78 is 16.3. The van der Waals surface area contributed by atoms with Gasteiger partial charge in [-0.15, -0.1) is 0 Å². The molecule has 1 aromatic rings. The molecular weight excluding hydrogens is 326 g/mol. The number of benzene rings is 1. The van der Waals surface area contributed by atoms with Crippen LogP contribution >= 0.6 is 0 Å². The smallest absolute Gasteiger partial charge is 0.323 e. The second-order valence-corrected chi connectivity index (χ2v) is 6.00. The predicted molar refractivity (Wildman–Crippen MR) is 91.3 cm³/mol. The zero-order chi connectivity index (χ0) is 18.2. The van der Waals surface area contributed by atoms with Gasteiger partial charge < -0.3 is 24.2 Å². The van der Waals surface area contributed by atoms with E-state index >= 15 is 0 Å². The summed E-state index contributed by atoms with van der Waals surface area (Å²) in [5.74, 6) is -0.379. The minimum absolute atomic E-state index is 0.181. The maximum Gasteiger partial charge on any atom is 0.323 e. The van der Waals surface area contributed by atoms with E-state index < -0.39 is 5.97 Å². The highest BCUT2D eigenvalue weighted by Crippen LogP contribution is 2.32. The Kier molecular flexibility index (Phi) is 7.06. The number of amides is 1. The van der Waals surface area contributed by atoms with Crippen molar-refractivity contribution in [1.82, 2.24) is 4.90 Å². The zero-order valence-electron chi connectivity index (χ0n) is 14.7. The number of carbonyl (C=O) groups is 2. The van der Waals surface area contributed by atoms with Crippen LogP contribution in [-0.4, -0.2) is 61.9 Å². The number of carboxylic acids is 1. The van der Waals surface area contributed by atoms with Crippen LogP contribution in [0.25, 0.3) is 0 Å². The third-order valence-corrected chi connectivity index (χ3v) is 4.19. The molecule has 25 heavy (non-hydrogen) atoms. The largest absolute Gasteiger partial charge is 0.493 e. The number of hydrogen-bond acceptors (Lipinski definition) is 5. The van der Waals surface area contributed by atoms with Gasteiger partial charge in [0.05, 0.1) is 19.8 Å². The molecule has 0 spiro atoms. The number of carboxylic acid groups (broad SMARTS) is 1. The van der Waals surface area contributed by atoms with Gasteiger partial charge in [-0.1, -0.05) is 0 Å². The first-order valence-electron chi connectivity index (χ1n) is 8.40. The molecule has 0 aliphatic heterocycles. The van der Waals surface area contributed by atoms with Crippen molar-refractivity contribution in [3.63, 3.8) is 0 Å². The monoisotopic (exact) mass is 351 g/mol. The molecule has 7 heteroatoms. The Labute approximate surface area is 147 Å². The van der Waals surface area contributed by atoms with Crippen molar-refractivity contribution < 1.29 is 28.9 Å². The van der Waals surface area contributed by atoms with E-state index in [1.807, 2.05) is 0 Å². The zero-order valence-corrected chi connectivity index (χ0v) is 14.7. The Morgan fingerprint density at radius 3 is 2.52 bits per heavy atom. The van der Waals surface area contributed by atoms with Crippen LogP contribution in [0.2, 0.25) is 0 Å². The van der Waals surface area contributed by atoms with Crippen LogP contribution in [0.1, 0.15) is 36.0 Å². The molecule has 1 aromatic carbocycles. The quantitative estimate of drug-likeness (QED) is 0.734. The lowest BCUT2D eigenvalue weighted by atomic mass is 10.1. The molecule has 0 radical (unpaired) electrons. The van der Waals surface area contributed by atoms with Crippen molar-refractivity contribution in [3.8, 4) is 11.5 Å². The average molecular weight is 351 g/mol. The summed E-state index contributed by atoms with van der Waals surface area (Å²) >= 11 is 0. The first kappa shape index (κ1) is 19.1. The van der Waals surface area contributed by atoms with Gasteiger partial charge in [-0.3, -0.25) is 9.59 Å². The van der Waals surface area contributed by atoms with Crippen LogP contribution in [0, 0.1) is 0 Å². The third-order valence-electron chi connectivity index (χ3n) is 4.19. The summed E-state index contributed by atoms with van der Waals surface area (Å²) in [5, 5.41) is 9.00. The fraction of sp³-hybridized carbons (Fsp3) is 0.556. The average Bonchev–Trinajstić information content (AvgIpc) is 3.11. The lowest BCUT2D eigenvalue weighted by Gasteiger charge is -2.21. The minimum atomic E-state index is -1.07. The van der Waals surface area contributed by atoms with Gasteiger partial charge in [0.2, 0.25) is 0 Å². The lowest BCUT2D eigenvalue weighted by Crippen LogP contribution is -2.38. The van der Waals surface area contributed by atoms with E-state index in [4.69, 9.17) is 19.3 Å². The first-order valence-corrected chi connectivity index (χ1v) is 8.40. The van der Waals surface area contributed by atoms with E-state index in [-0.39, 0.29) is 31.7 Å². The summed E-state index contributed by atoms with van der Waals surface area (Å²) in [6, 6.07) is 4.94. The minimum Gasteiger partial charge on any atom is -0.493 e. The highest BCUT2D eigenvalue weighted by Gasteiger charge is 2.22. The Balaban J connectivity index is 2.15. The van der Waals surface area contributed by atoms with Crippen molar-refractivity contribution in [2.24, 2.45) is 0 Å². The number of nitrogens with zero attached hydrogens (tertiary/aromatic N) is 1. The van der Waals surface area contributed by atoms with Gasteiger partial charge in [0.25, 0.3) is 5.91 Å². The van der Waals surface area contributed by atoms with Gasteiger partial charge in [-0.2, -0.15) is 0 Å². The van der Waals surface area contributed by atoms with Crippen LogP contribution in [0.4, 0.5) is 0 Å². The molecule has 0 aromatic heterocycles. The van der Waals surface area contributed by atoms with Crippen LogP contribution in [-0.2, 0) is 9.53 Å². The maximum atomic E-state index is 12.6. The summed E-state index contributed by atoms with van der Waals surface area (Å²) in [6.45, 7) is 0.0775. The number of carbonyl (C=O) groups excluding carboxylic acids is 1. The predicted octanol–water partition coefficient (Wildman–Crippen LogP) is 2.19. The molecule has 1 aliphatic rings. The molecule has 7 nitrogen and oxygen atoms in total. The molecule has 0 saturated heterocycles. The van der Waals surface area contributed by atoms with E-state index in [1.54, 1.807) is 18.2 Å². The van der Waals surface area contributed by atoms with E-state index in [1.165, 1.54) is 19.1 Å². The van der Waals surface area contributed by atoms with E-state index in [0.29, 0.717) is 17.1 Å². The molecule has 0 heterocycles. The molecule has 138 valence electrons. The number of ether oxygens (including phenoxy) is 3. The highest BCUT2D eigenvalue weighted by atomic mass is 16.5. The second-order valence-electron chi connectivity index (χ2n) is 6.00. The standard InChI is InChI=1S/C18H25NO6/c1-23-10-9-19(12-17(20)21)18(22)13-7-8-15(16(11-13)24-2)25-14-5-3-4-6-14/h7-8,11,14H,3-6,9-10,12H2,1-2H3,(H,20,21). The van der Waals surface area contributed by atoms with Crippen molar-refractivity contribution in [2.75, 3.05) is 33.9 Å². The van der Waals surface area contributed by atoms with E-state index in [0.717, 1.165) is 25.7 Å². The molecular formula is C18H25NO6. The van der Waals surface area contributed by atoms with Crippen LogP contribution in [0.15, 0.2) is 18.2 Å². The summed E-state index contributed by atoms with van der Waals surface area (Å²) in [4.78, 5) is 24.9. The number of methoxy groups -OCH3 is 2. The lowest BCUT2D eigenvalue weighted by molar-refractivity contribution is -0.137. The molecule has 1 aliphatic carbocycles. The Bertz CT molecular complexity index is 597. The molecule has 1 fully saturated rings. The normalized spacial score (nSPS) is 14.3. The van der Waals surface area contributed by atoms with Crippen LogP contribution in [0.3, 0.4) is 0 Å². The first-order chi connectivity index (χ1) is 12.0. The molecule has 1 amide bonds. The fourth-order valence-corrected chi connectivity index (χ4v) is 2.88. The number of rotatable bonds is 9. The molecule has 1 N–H and O–H groups in total. The highest BCUT2D eigenvalue weighted by molar-refractivity contribution is 5.96. The van der Waals surface area contributed by atoms with Gasteiger partial charge in [-0.05, 0) is 43.9 Å². The number of aliphatic carboxylic acids is 1. The Morgan fingerprint density at radius 1 is 1.20 bits per heavy atom. The summed E-state index contributed by atoms with van der Waals surface area (Å²) in [7, 11) is 3.02. The second kappa shape index (κ2) is 9.27. The van der Waals surface area contributed by atoms with Gasteiger partial charge in [0.15, 0.2) is 11.5 Å². The van der Waals surface area contributed by atoms with Gasteiger partial charge in [0, 0.05) is 19.2 Å². The van der Waals surface area contributed by atoms with Crippen molar-refractivity contribution >= 4 is 11.9 Å². The summed E-state index contributed by atoms with van der Waals surface area (Å²) in [5.41, 5.74) is 0.355. The van der Waals surface area contributed by atoms with E-state index in [2.05, 4.69) is 0 Å². The molecule has 0 unspecified atom stereocenters. The SMILES string of the molecule is COCCN(CC(=O)O)C(=O)c1ccc(OC2CCCC2)c(OC)c1. The van der Waals surface area contributed by atoms with Gasteiger partial charge in [0.1, 0.15) is 6.54 Å². The van der Waals surface area contributed by atoms with Crippen molar-refractivity contribution in [3.05, 3.63) is 23.8 Å². The number of hydrogen-bond donors (Lipinski definition) is 1. The van der Waals surface area contributed by atoms with E-state index in [9.17, 15) is 9.59 Å². The Morgan fingerprint density at radius 2 is 1.92 bits per heavy atom. The molecule has 2 rings (SSSR count). The molecule has 0 bridgehead atoms. The van der Waals surface area contributed by atoms with Crippen LogP contribution in [0.5, 0.6) is 11.5 Å². The van der Waals surface area contributed by atoms with Crippen LogP contribution < -0.4 is 9.47 Å². The van der Waals surface area contributed by atoms with Gasteiger partial charge in [-0.25, -0.2) is 0 Å². The van der Waals surface area contributed by atoms with Crippen molar-refractivity contribution in [2.45, 2.75) is 31.8 Å². The van der Waals surface area contributed by atoms with Gasteiger partial charge >= 0.3 is 5.97 Å². The maximum absolute atomic E-state index is 12.6. The topological polar surface area (TPSA) is 85.3 Å². The fourth-order valence-electron chi connectivity index (χ4n) is 2.88. The van der Waals surface area contributed by atoms with Crippen molar-refractivity contribution in [1.29, 1.82) is 0 Å².